The quantitative estimate of drug-likeness (QED) is 0.644. The van der Waals surface area contributed by atoms with Gasteiger partial charge in [-0.05, 0) is 13.3 Å². The second-order valence-corrected chi connectivity index (χ2v) is 3.63. The van der Waals surface area contributed by atoms with Gasteiger partial charge in [0.25, 0.3) is 0 Å². The number of carbonyl (C=O) groups is 2. The zero-order chi connectivity index (χ0) is 10.8. The Balaban J connectivity index is 3.34. The lowest BCUT2D eigenvalue weighted by atomic mass is 10.5. The molecule has 0 aromatic rings. The number of thioether (sulfide) groups is 1. The molecule has 0 bridgehead atoms. The summed E-state index contributed by atoms with van der Waals surface area (Å²) < 4.78 is 4.71. The molecule has 0 aliphatic rings. The van der Waals surface area contributed by atoms with E-state index in [-0.39, 0.29) is 17.6 Å². The van der Waals surface area contributed by atoms with Gasteiger partial charge in [-0.15, -0.1) is 11.8 Å². The third kappa shape index (κ3) is 7.91. The fourth-order valence-corrected chi connectivity index (χ4v) is 1.38. The molecule has 14 heavy (non-hydrogen) atoms. The Hall–Kier alpha value is -0.710. The molecule has 0 aromatic heterocycles. The molecular weight excluding hydrogens is 202 g/mol. The van der Waals surface area contributed by atoms with Gasteiger partial charge in [-0.1, -0.05) is 6.92 Å². The fourth-order valence-electron chi connectivity index (χ4n) is 0.745. The van der Waals surface area contributed by atoms with Crippen LogP contribution in [0, 0.1) is 0 Å². The summed E-state index contributed by atoms with van der Waals surface area (Å²) in [4.78, 5) is 21.9. The maximum Gasteiger partial charge on any atom is 0.315 e. The minimum atomic E-state index is -0.263. The molecule has 82 valence electrons. The second-order valence-electron chi connectivity index (χ2n) is 2.65. The van der Waals surface area contributed by atoms with Crippen molar-refractivity contribution in [2.75, 3.05) is 24.7 Å². The molecule has 0 heterocycles. The zero-order valence-electron chi connectivity index (χ0n) is 8.67. The largest absolute Gasteiger partial charge is 0.465 e. The summed E-state index contributed by atoms with van der Waals surface area (Å²) in [6, 6.07) is 0. The minimum absolute atomic E-state index is 0.0267. The first-order valence-corrected chi connectivity index (χ1v) is 5.86. The van der Waals surface area contributed by atoms with Crippen LogP contribution in [-0.2, 0) is 14.3 Å². The molecule has 0 unspecified atom stereocenters. The van der Waals surface area contributed by atoms with Crippen molar-refractivity contribution in [2.24, 2.45) is 0 Å². The number of carbonyl (C=O) groups excluding carboxylic acids is 2. The molecule has 4 nitrogen and oxygen atoms in total. The molecule has 0 saturated carbocycles. The molecule has 1 N–H and O–H groups in total. The summed E-state index contributed by atoms with van der Waals surface area (Å²) in [6.07, 6.45) is 0.925. The van der Waals surface area contributed by atoms with Gasteiger partial charge in [-0.25, -0.2) is 0 Å². The smallest absolute Gasteiger partial charge is 0.315 e. The average molecular weight is 219 g/mol. The highest BCUT2D eigenvalue weighted by Gasteiger charge is 2.04. The molecule has 1 amide bonds. The molecule has 0 spiro atoms. The van der Waals surface area contributed by atoms with Gasteiger partial charge in [0.15, 0.2) is 0 Å². The number of esters is 1. The van der Waals surface area contributed by atoms with Gasteiger partial charge in [0.05, 0.1) is 18.1 Å². The van der Waals surface area contributed by atoms with Crippen LogP contribution in [-0.4, -0.2) is 36.5 Å². The van der Waals surface area contributed by atoms with Crippen LogP contribution in [0.4, 0.5) is 0 Å². The summed E-state index contributed by atoms with van der Waals surface area (Å²) in [5.41, 5.74) is 0. The van der Waals surface area contributed by atoms with E-state index in [0.717, 1.165) is 6.42 Å². The first-order chi connectivity index (χ1) is 6.70. The Morgan fingerprint density at radius 2 is 2.00 bits per heavy atom. The van der Waals surface area contributed by atoms with Crippen LogP contribution in [0.1, 0.15) is 20.3 Å². The van der Waals surface area contributed by atoms with Gasteiger partial charge in [0.1, 0.15) is 0 Å². The SMILES string of the molecule is CCCNC(=O)CSCC(=O)OCC. The molecule has 0 atom stereocenters. The Kier molecular flexibility index (Phi) is 8.42. The highest BCUT2D eigenvalue weighted by Crippen LogP contribution is 1.99. The lowest BCUT2D eigenvalue weighted by Crippen LogP contribution is -2.26. The Morgan fingerprint density at radius 3 is 2.57 bits per heavy atom. The second kappa shape index (κ2) is 8.87. The minimum Gasteiger partial charge on any atom is -0.465 e. The number of nitrogens with one attached hydrogen (secondary N) is 1. The predicted molar refractivity (Wildman–Crippen MR) is 57.3 cm³/mol. The van der Waals surface area contributed by atoms with Crippen molar-refractivity contribution >= 4 is 23.6 Å². The van der Waals surface area contributed by atoms with Gasteiger partial charge >= 0.3 is 5.97 Å². The topological polar surface area (TPSA) is 55.4 Å². The standard InChI is InChI=1S/C9H17NO3S/c1-3-5-10-8(11)6-14-7-9(12)13-4-2/h3-7H2,1-2H3,(H,10,11). The van der Waals surface area contributed by atoms with Crippen LogP contribution in [0.25, 0.3) is 0 Å². The molecule has 0 aliphatic carbocycles. The third-order valence-electron chi connectivity index (χ3n) is 1.33. The first kappa shape index (κ1) is 13.3. The van der Waals surface area contributed by atoms with Crippen LogP contribution in [0.2, 0.25) is 0 Å². The number of hydrogen-bond donors (Lipinski definition) is 1. The summed E-state index contributed by atoms with van der Waals surface area (Å²) in [5.74, 6) is 0.272. The van der Waals surface area contributed by atoms with Crippen LogP contribution in [0.5, 0.6) is 0 Å². The van der Waals surface area contributed by atoms with Gasteiger partial charge in [-0.2, -0.15) is 0 Å². The van der Waals surface area contributed by atoms with Crippen molar-refractivity contribution in [3.05, 3.63) is 0 Å². The van der Waals surface area contributed by atoms with E-state index >= 15 is 0 Å². The predicted octanol–water partition coefficient (Wildman–Crippen LogP) is 0.809. The van der Waals surface area contributed by atoms with Crippen LogP contribution in [0.3, 0.4) is 0 Å². The van der Waals surface area contributed by atoms with E-state index in [1.54, 1.807) is 6.92 Å². The van der Waals surface area contributed by atoms with E-state index in [1.165, 1.54) is 11.8 Å². The normalized spacial score (nSPS) is 9.57. The Labute approximate surface area is 88.8 Å². The van der Waals surface area contributed by atoms with Crippen molar-refractivity contribution in [1.82, 2.24) is 5.32 Å². The van der Waals surface area contributed by atoms with Gasteiger partial charge < -0.3 is 10.1 Å². The Bertz CT molecular complexity index is 185. The van der Waals surface area contributed by atoms with E-state index in [4.69, 9.17) is 4.74 Å². The van der Waals surface area contributed by atoms with E-state index in [1.807, 2.05) is 6.92 Å². The summed E-state index contributed by atoms with van der Waals surface area (Å²) in [5, 5.41) is 2.73. The maximum absolute atomic E-state index is 11.1. The first-order valence-electron chi connectivity index (χ1n) is 4.70. The number of hydrogen-bond acceptors (Lipinski definition) is 4. The number of ether oxygens (including phenoxy) is 1. The molecule has 5 heteroatoms. The number of rotatable bonds is 7. The highest BCUT2D eigenvalue weighted by atomic mass is 32.2. The lowest BCUT2D eigenvalue weighted by molar-refractivity contribution is -0.139. The van der Waals surface area contributed by atoms with Crippen molar-refractivity contribution in [3.8, 4) is 0 Å². The van der Waals surface area contributed by atoms with E-state index in [9.17, 15) is 9.59 Å². The van der Waals surface area contributed by atoms with Crippen molar-refractivity contribution < 1.29 is 14.3 Å². The van der Waals surface area contributed by atoms with Crippen molar-refractivity contribution in [3.63, 3.8) is 0 Å². The number of amides is 1. The molecule has 0 aromatic carbocycles. The van der Waals surface area contributed by atoms with Crippen LogP contribution in [0.15, 0.2) is 0 Å². The van der Waals surface area contributed by atoms with Crippen molar-refractivity contribution in [2.45, 2.75) is 20.3 Å². The zero-order valence-corrected chi connectivity index (χ0v) is 9.49. The molecule has 0 radical (unpaired) electrons. The summed E-state index contributed by atoms with van der Waals surface area (Å²) >= 11 is 1.27. The molecule has 0 aliphatic heterocycles. The fraction of sp³-hybridized carbons (Fsp3) is 0.778. The van der Waals surface area contributed by atoms with Crippen LogP contribution >= 0.6 is 11.8 Å². The monoisotopic (exact) mass is 219 g/mol. The molecule has 0 rings (SSSR count). The summed E-state index contributed by atoms with van der Waals surface area (Å²) in [6.45, 7) is 4.84. The van der Waals surface area contributed by atoms with Gasteiger partial charge in [-0.3, -0.25) is 9.59 Å². The van der Waals surface area contributed by atoms with Crippen molar-refractivity contribution in [1.29, 1.82) is 0 Å². The van der Waals surface area contributed by atoms with Gasteiger partial charge in [0.2, 0.25) is 5.91 Å². The Morgan fingerprint density at radius 1 is 1.29 bits per heavy atom. The third-order valence-corrected chi connectivity index (χ3v) is 2.24. The van der Waals surface area contributed by atoms with E-state index < -0.39 is 0 Å². The molecule has 0 saturated heterocycles. The van der Waals surface area contributed by atoms with Gasteiger partial charge in [0, 0.05) is 6.54 Å². The molecule has 0 fully saturated rings. The maximum atomic E-state index is 11.1. The van der Waals surface area contributed by atoms with Crippen LogP contribution < -0.4 is 5.32 Å². The molecular formula is C9H17NO3S. The average Bonchev–Trinajstić information content (AvgIpc) is 2.15. The summed E-state index contributed by atoms with van der Waals surface area (Å²) in [7, 11) is 0. The highest BCUT2D eigenvalue weighted by molar-refractivity contribution is 8.00. The van der Waals surface area contributed by atoms with E-state index in [0.29, 0.717) is 18.9 Å². The van der Waals surface area contributed by atoms with E-state index in [2.05, 4.69) is 5.32 Å². The lowest BCUT2D eigenvalue weighted by Gasteiger charge is -2.03.